The van der Waals surface area contributed by atoms with E-state index in [2.05, 4.69) is 13.5 Å². The zero-order chi connectivity index (χ0) is 13.6. The van der Waals surface area contributed by atoms with Crippen LogP contribution in [0, 0.1) is 5.92 Å². The lowest BCUT2D eigenvalue weighted by atomic mass is 9.96. The highest BCUT2D eigenvalue weighted by Gasteiger charge is 2.30. The average molecular weight is 252 g/mol. The van der Waals surface area contributed by atoms with E-state index in [1.54, 1.807) is 13.8 Å². The highest BCUT2D eigenvalue weighted by molar-refractivity contribution is 5.83. The number of rotatable bonds is 7. The fourth-order valence-corrected chi connectivity index (χ4v) is 2.09. The normalized spacial score (nSPS) is 19.5. The predicted octanol–water partition coefficient (Wildman–Crippen LogP) is 3.95. The number of esters is 1. The summed E-state index contributed by atoms with van der Waals surface area (Å²) in [6, 6.07) is 0. The van der Waals surface area contributed by atoms with Crippen LogP contribution >= 0.6 is 0 Å². The van der Waals surface area contributed by atoms with E-state index in [9.17, 15) is 4.79 Å². The fourth-order valence-electron chi connectivity index (χ4n) is 2.09. The summed E-state index contributed by atoms with van der Waals surface area (Å²) in [5, 5.41) is 0. The molecule has 1 heterocycles. The molecular formula is C15H24O3. The molecule has 0 bridgehead atoms. The molecule has 1 atom stereocenters. The zero-order valence-electron chi connectivity index (χ0n) is 11.7. The second-order valence-electron chi connectivity index (χ2n) is 5.23. The van der Waals surface area contributed by atoms with Crippen LogP contribution in [0.25, 0.3) is 0 Å². The van der Waals surface area contributed by atoms with Gasteiger partial charge in [-0.05, 0) is 12.3 Å². The third kappa shape index (κ3) is 4.94. The summed E-state index contributed by atoms with van der Waals surface area (Å²) >= 11 is 0. The highest BCUT2D eigenvalue weighted by atomic mass is 16.7. The summed E-state index contributed by atoms with van der Waals surface area (Å²) in [4.78, 5) is 11.4. The number of carbonyl (C=O) groups is 1. The topological polar surface area (TPSA) is 35.5 Å². The van der Waals surface area contributed by atoms with E-state index in [0.717, 1.165) is 12.8 Å². The number of hydrogen-bond donors (Lipinski definition) is 0. The molecule has 0 aromatic heterocycles. The minimum absolute atomic E-state index is 0.322. The van der Waals surface area contributed by atoms with Crippen LogP contribution in [0.1, 0.15) is 52.9 Å². The molecule has 3 nitrogen and oxygen atoms in total. The summed E-state index contributed by atoms with van der Waals surface area (Å²) in [6.45, 7) is 9.55. The number of unbranched alkanes of at least 4 members (excludes halogenated alkanes) is 2. The van der Waals surface area contributed by atoms with E-state index in [-0.39, 0.29) is 5.97 Å². The van der Waals surface area contributed by atoms with Gasteiger partial charge in [0.2, 0.25) is 5.79 Å². The van der Waals surface area contributed by atoms with E-state index < -0.39 is 5.79 Å². The molecule has 0 saturated heterocycles. The smallest absolute Gasteiger partial charge is 0.337 e. The lowest BCUT2D eigenvalue weighted by molar-refractivity contribution is -0.206. The molecule has 1 aliphatic rings. The molecule has 102 valence electrons. The first-order valence-electron chi connectivity index (χ1n) is 6.72. The van der Waals surface area contributed by atoms with Crippen molar-refractivity contribution in [3.63, 3.8) is 0 Å². The Bertz CT molecular complexity index is 329. The van der Waals surface area contributed by atoms with Crippen LogP contribution < -0.4 is 0 Å². The van der Waals surface area contributed by atoms with Gasteiger partial charge in [0.1, 0.15) is 5.76 Å². The van der Waals surface area contributed by atoms with Crippen molar-refractivity contribution < 1.29 is 14.3 Å². The molecule has 0 fully saturated rings. The molecular weight excluding hydrogens is 228 g/mol. The second kappa shape index (κ2) is 6.62. The Morgan fingerprint density at radius 2 is 2.11 bits per heavy atom. The van der Waals surface area contributed by atoms with Crippen molar-refractivity contribution in [2.75, 3.05) is 0 Å². The molecule has 0 amide bonds. The second-order valence-corrected chi connectivity index (χ2v) is 5.23. The molecule has 0 aliphatic carbocycles. The lowest BCUT2D eigenvalue weighted by Crippen LogP contribution is -2.34. The van der Waals surface area contributed by atoms with Crippen LogP contribution in [0.2, 0.25) is 0 Å². The number of ether oxygens (including phenoxy) is 2. The maximum Gasteiger partial charge on any atom is 0.337 e. The number of cyclic esters (lactones) is 1. The Hall–Kier alpha value is -1.25. The number of carbonyl (C=O) groups excluding carboxylic acids is 1. The molecule has 1 unspecified atom stereocenters. The average Bonchev–Trinajstić information content (AvgIpc) is 2.25. The van der Waals surface area contributed by atoms with Crippen molar-refractivity contribution in [3.8, 4) is 0 Å². The SMILES string of the molecule is C=CC(CCCCC)CC1=CC(=O)OC(C)(C)O1. The van der Waals surface area contributed by atoms with Crippen molar-refractivity contribution in [2.24, 2.45) is 5.92 Å². The van der Waals surface area contributed by atoms with Gasteiger partial charge < -0.3 is 9.47 Å². The van der Waals surface area contributed by atoms with Crippen LogP contribution in [0.4, 0.5) is 0 Å². The minimum atomic E-state index is -0.851. The van der Waals surface area contributed by atoms with Gasteiger partial charge in [0.25, 0.3) is 0 Å². The van der Waals surface area contributed by atoms with Gasteiger partial charge >= 0.3 is 5.97 Å². The van der Waals surface area contributed by atoms with Gasteiger partial charge in [-0.25, -0.2) is 4.79 Å². The van der Waals surface area contributed by atoms with Crippen molar-refractivity contribution in [1.82, 2.24) is 0 Å². The van der Waals surface area contributed by atoms with Crippen LogP contribution in [0.3, 0.4) is 0 Å². The maximum atomic E-state index is 11.4. The van der Waals surface area contributed by atoms with Gasteiger partial charge in [0.15, 0.2) is 0 Å². The molecule has 0 spiro atoms. The van der Waals surface area contributed by atoms with Crippen LogP contribution in [-0.2, 0) is 14.3 Å². The van der Waals surface area contributed by atoms with Crippen LogP contribution in [-0.4, -0.2) is 11.8 Å². The monoisotopic (exact) mass is 252 g/mol. The summed E-state index contributed by atoms with van der Waals surface area (Å²) in [5.41, 5.74) is 0. The number of hydrogen-bond acceptors (Lipinski definition) is 3. The Labute approximate surface area is 110 Å². The van der Waals surface area contributed by atoms with Crippen molar-refractivity contribution in [3.05, 3.63) is 24.5 Å². The summed E-state index contributed by atoms with van der Waals surface area (Å²) in [7, 11) is 0. The Morgan fingerprint density at radius 3 is 2.67 bits per heavy atom. The molecule has 0 radical (unpaired) electrons. The highest BCUT2D eigenvalue weighted by Crippen LogP contribution is 2.28. The standard InChI is InChI=1S/C15H24O3/c1-5-7-8-9-12(6-2)10-13-11-14(16)18-15(3,4)17-13/h6,11-12H,2,5,7-10H2,1,3-4H3. The van der Waals surface area contributed by atoms with Crippen molar-refractivity contribution in [1.29, 1.82) is 0 Å². The van der Waals surface area contributed by atoms with Gasteiger partial charge in [-0.3, -0.25) is 0 Å². The Morgan fingerprint density at radius 1 is 1.39 bits per heavy atom. The molecule has 18 heavy (non-hydrogen) atoms. The van der Waals surface area contributed by atoms with E-state index >= 15 is 0 Å². The molecule has 3 heteroatoms. The molecule has 0 aromatic rings. The van der Waals surface area contributed by atoms with E-state index in [0.29, 0.717) is 11.7 Å². The zero-order valence-corrected chi connectivity index (χ0v) is 11.7. The van der Waals surface area contributed by atoms with Crippen molar-refractivity contribution >= 4 is 5.97 Å². The van der Waals surface area contributed by atoms with Crippen molar-refractivity contribution in [2.45, 2.75) is 58.7 Å². The third-order valence-electron chi connectivity index (χ3n) is 2.98. The van der Waals surface area contributed by atoms with E-state index in [4.69, 9.17) is 9.47 Å². The summed E-state index contributed by atoms with van der Waals surface area (Å²) in [6.07, 6.45) is 8.85. The van der Waals surface area contributed by atoms with Crippen LogP contribution in [0.5, 0.6) is 0 Å². The third-order valence-corrected chi connectivity index (χ3v) is 2.98. The minimum Gasteiger partial charge on any atom is -0.457 e. The predicted molar refractivity (Wildman–Crippen MR) is 71.8 cm³/mol. The number of allylic oxidation sites excluding steroid dienone is 2. The fraction of sp³-hybridized carbons (Fsp3) is 0.667. The first-order valence-corrected chi connectivity index (χ1v) is 6.72. The Balaban J connectivity index is 2.53. The molecule has 1 aliphatic heterocycles. The van der Waals surface area contributed by atoms with E-state index in [1.165, 1.54) is 25.3 Å². The quantitative estimate of drug-likeness (QED) is 0.391. The van der Waals surface area contributed by atoms with E-state index in [1.807, 2.05) is 6.08 Å². The maximum absolute atomic E-state index is 11.4. The van der Waals surface area contributed by atoms with Crippen LogP contribution in [0.15, 0.2) is 24.5 Å². The first kappa shape index (κ1) is 14.8. The van der Waals surface area contributed by atoms with Gasteiger partial charge in [0, 0.05) is 20.3 Å². The lowest BCUT2D eigenvalue weighted by Gasteiger charge is -2.31. The molecule has 0 saturated carbocycles. The van der Waals surface area contributed by atoms with Gasteiger partial charge in [0.05, 0.1) is 6.08 Å². The molecule has 0 N–H and O–H groups in total. The molecule has 0 aromatic carbocycles. The van der Waals surface area contributed by atoms with Gasteiger partial charge in [-0.2, -0.15) is 0 Å². The Kier molecular flexibility index (Phi) is 5.45. The largest absolute Gasteiger partial charge is 0.457 e. The van der Waals surface area contributed by atoms with Gasteiger partial charge in [-0.15, -0.1) is 6.58 Å². The first-order chi connectivity index (χ1) is 8.46. The summed E-state index contributed by atoms with van der Waals surface area (Å²) < 4.78 is 10.7. The summed E-state index contributed by atoms with van der Waals surface area (Å²) in [5.74, 6) is -0.101. The molecule has 1 rings (SSSR count). The van der Waals surface area contributed by atoms with Gasteiger partial charge in [-0.1, -0.05) is 32.3 Å².